The van der Waals surface area contributed by atoms with E-state index in [1.54, 1.807) is 0 Å². The summed E-state index contributed by atoms with van der Waals surface area (Å²) in [5.74, 6) is -2.78. The molecular weight excluding hydrogens is 402 g/mol. The molecule has 12 heteroatoms. The number of non-ortho nitro benzene ring substituents is 2. The first-order valence-corrected chi connectivity index (χ1v) is 8.26. The van der Waals surface area contributed by atoms with Crippen LogP contribution in [-0.4, -0.2) is 40.9 Å². The van der Waals surface area contributed by atoms with Crippen molar-refractivity contribution in [3.05, 3.63) is 73.8 Å². The summed E-state index contributed by atoms with van der Waals surface area (Å²) in [5, 5.41) is 24.2. The van der Waals surface area contributed by atoms with Crippen LogP contribution in [0.15, 0.2) is 42.5 Å². The Hall–Kier alpha value is -4.35. The maximum atomic E-state index is 12.3. The normalized spacial score (nSPS) is 11.1. The fourth-order valence-corrected chi connectivity index (χ4v) is 2.29. The van der Waals surface area contributed by atoms with Crippen molar-refractivity contribution in [3.8, 4) is 0 Å². The van der Waals surface area contributed by atoms with Crippen LogP contribution in [0, 0.1) is 20.2 Å². The van der Waals surface area contributed by atoms with Crippen LogP contribution < -0.4 is 5.32 Å². The molecule has 0 aliphatic carbocycles. The van der Waals surface area contributed by atoms with Gasteiger partial charge in [-0.15, -0.1) is 0 Å². The molecule has 0 fully saturated rings. The summed E-state index contributed by atoms with van der Waals surface area (Å²) in [7, 11) is 1.07. The molecule has 0 bridgehead atoms. The highest BCUT2D eigenvalue weighted by atomic mass is 16.6. The van der Waals surface area contributed by atoms with Crippen LogP contribution in [0.25, 0.3) is 0 Å². The third-order valence-electron chi connectivity index (χ3n) is 3.76. The van der Waals surface area contributed by atoms with E-state index < -0.39 is 39.5 Å². The molecule has 0 spiro atoms. The number of carbonyl (C=O) groups is 3. The Bertz CT molecular complexity index is 1040. The van der Waals surface area contributed by atoms with Gasteiger partial charge in [-0.2, -0.15) is 0 Å². The van der Waals surface area contributed by atoms with Gasteiger partial charge < -0.3 is 14.8 Å². The predicted molar refractivity (Wildman–Crippen MR) is 101 cm³/mol. The molecule has 0 aromatic heterocycles. The zero-order valence-corrected chi connectivity index (χ0v) is 15.7. The van der Waals surface area contributed by atoms with E-state index in [1.807, 2.05) is 0 Å². The van der Waals surface area contributed by atoms with E-state index in [-0.39, 0.29) is 22.5 Å². The number of esters is 2. The van der Waals surface area contributed by atoms with Crippen molar-refractivity contribution in [1.82, 2.24) is 0 Å². The molecule has 0 radical (unpaired) electrons. The first kappa shape index (κ1) is 21.9. The van der Waals surface area contributed by atoms with Crippen molar-refractivity contribution < 1.29 is 33.7 Å². The number of anilines is 1. The topological polar surface area (TPSA) is 168 Å². The fourth-order valence-electron chi connectivity index (χ4n) is 2.29. The van der Waals surface area contributed by atoms with Gasteiger partial charge in [0, 0.05) is 30.0 Å². The number of ether oxygens (including phenoxy) is 2. The van der Waals surface area contributed by atoms with Crippen LogP contribution in [0.2, 0.25) is 0 Å². The van der Waals surface area contributed by atoms with Gasteiger partial charge in [0.15, 0.2) is 6.10 Å². The number of hydrogen-bond acceptors (Lipinski definition) is 9. The molecular formula is C18H15N3O9. The van der Waals surface area contributed by atoms with Crippen LogP contribution in [0.5, 0.6) is 0 Å². The summed E-state index contributed by atoms with van der Waals surface area (Å²) in [5.41, 5.74) is -1.25. The molecule has 0 saturated carbocycles. The highest BCUT2D eigenvalue weighted by Crippen LogP contribution is 2.20. The summed E-state index contributed by atoms with van der Waals surface area (Å²) < 4.78 is 9.48. The minimum atomic E-state index is -1.35. The third-order valence-corrected chi connectivity index (χ3v) is 3.76. The lowest BCUT2D eigenvalue weighted by atomic mass is 10.1. The standard InChI is InChI=1S/C18H15N3O9/c1-10(16(22)19-13-4-3-5-14(9-13)20(25)26)30-18(24)12-6-11(17(23)29-2)7-15(8-12)21(27)28/h3-10H,1-2H3,(H,19,22). The number of hydrogen-bond donors (Lipinski definition) is 1. The van der Waals surface area contributed by atoms with Crippen LogP contribution in [-0.2, 0) is 14.3 Å². The van der Waals surface area contributed by atoms with Gasteiger partial charge in [0.25, 0.3) is 17.3 Å². The molecule has 1 N–H and O–H groups in total. The molecule has 0 heterocycles. The number of benzene rings is 2. The number of rotatable bonds is 7. The van der Waals surface area contributed by atoms with E-state index in [4.69, 9.17) is 4.74 Å². The Morgan fingerprint density at radius 2 is 1.53 bits per heavy atom. The molecule has 156 valence electrons. The summed E-state index contributed by atoms with van der Waals surface area (Å²) in [6, 6.07) is 7.98. The first-order valence-electron chi connectivity index (χ1n) is 8.26. The zero-order valence-electron chi connectivity index (χ0n) is 15.7. The number of nitrogens with zero attached hydrogens (tertiary/aromatic N) is 2. The zero-order chi connectivity index (χ0) is 22.4. The summed E-state index contributed by atoms with van der Waals surface area (Å²) in [6.07, 6.45) is -1.35. The number of carbonyl (C=O) groups excluding carboxylic acids is 3. The van der Waals surface area contributed by atoms with E-state index in [2.05, 4.69) is 10.1 Å². The molecule has 1 amide bonds. The Balaban J connectivity index is 2.16. The highest BCUT2D eigenvalue weighted by molar-refractivity contribution is 5.99. The SMILES string of the molecule is COC(=O)c1cc(C(=O)OC(C)C(=O)Nc2cccc([N+](=O)[O-])c2)cc([N+](=O)[O-])c1. The molecule has 0 aliphatic heterocycles. The van der Waals surface area contributed by atoms with Crippen LogP contribution in [0.1, 0.15) is 27.6 Å². The minimum absolute atomic E-state index is 0.112. The monoisotopic (exact) mass is 417 g/mol. The van der Waals surface area contributed by atoms with E-state index in [9.17, 15) is 34.6 Å². The highest BCUT2D eigenvalue weighted by Gasteiger charge is 2.23. The van der Waals surface area contributed by atoms with Crippen molar-refractivity contribution in [3.63, 3.8) is 0 Å². The summed E-state index contributed by atoms with van der Waals surface area (Å²) in [4.78, 5) is 56.6. The minimum Gasteiger partial charge on any atom is -0.465 e. The molecule has 12 nitrogen and oxygen atoms in total. The fraction of sp³-hybridized carbons (Fsp3) is 0.167. The summed E-state index contributed by atoms with van der Waals surface area (Å²) >= 11 is 0. The predicted octanol–water partition coefficient (Wildman–Crippen LogP) is 2.47. The van der Waals surface area contributed by atoms with Gasteiger partial charge in [-0.25, -0.2) is 9.59 Å². The molecule has 30 heavy (non-hydrogen) atoms. The number of amides is 1. The number of nitrogens with one attached hydrogen (secondary N) is 1. The smallest absolute Gasteiger partial charge is 0.339 e. The Morgan fingerprint density at radius 1 is 0.933 bits per heavy atom. The second-order valence-corrected chi connectivity index (χ2v) is 5.86. The van der Waals surface area contributed by atoms with Gasteiger partial charge in [-0.1, -0.05) is 6.07 Å². The van der Waals surface area contributed by atoms with E-state index >= 15 is 0 Å². The largest absolute Gasteiger partial charge is 0.465 e. The van der Waals surface area contributed by atoms with E-state index in [0.29, 0.717) is 0 Å². The summed E-state index contributed by atoms with van der Waals surface area (Å²) in [6.45, 7) is 1.24. The van der Waals surface area contributed by atoms with Crippen LogP contribution in [0.3, 0.4) is 0 Å². The van der Waals surface area contributed by atoms with Gasteiger partial charge >= 0.3 is 11.9 Å². The lowest BCUT2D eigenvalue weighted by molar-refractivity contribution is -0.385. The quantitative estimate of drug-likeness (QED) is 0.404. The average Bonchev–Trinajstić information content (AvgIpc) is 2.72. The number of nitro groups is 2. The maximum Gasteiger partial charge on any atom is 0.339 e. The first-order chi connectivity index (χ1) is 14.1. The third kappa shape index (κ3) is 5.34. The number of nitro benzene ring substituents is 2. The lowest BCUT2D eigenvalue weighted by Gasteiger charge is -2.14. The molecule has 2 aromatic carbocycles. The molecule has 2 aromatic rings. The van der Waals surface area contributed by atoms with Crippen molar-refractivity contribution in [2.24, 2.45) is 0 Å². The van der Waals surface area contributed by atoms with E-state index in [0.717, 1.165) is 31.4 Å². The molecule has 2 rings (SSSR count). The van der Waals surface area contributed by atoms with Crippen molar-refractivity contribution >= 4 is 34.9 Å². The van der Waals surface area contributed by atoms with Crippen LogP contribution >= 0.6 is 0 Å². The second kappa shape index (κ2) is 9.23. The lowest BCUT2D eigenvalue weighted by Crippen LogP contribution is -2.30. The van der Waals surface area contributed by atoms with Crippen molar-refractivity contribution in [2.45, 2.75) is 13.0 Å². The second-order valence-electron chi connectivity index (χ2n) is 5.86. The Morgan fingerprint density at radius 3 is 2.10 bits per heavy atom. The Labute approximate surface area is 168 Å². The van der Waals surface area contributed by atoms with Gasteiger partial charge in [0.1, 0.15) is 0 Å². The molecule has 1 atom stereocenters. The maximum absolute atomic E-state index is 12.3. The van der Waals surface area contributed by atoms with Gasteiger partial charge in [0.2, 0.25) is 0 Å². The van der Waals surface area contributed by atoms with Crippen LogP contribution in [0.4, 0.5) is 17.1 Å². The van der Waals surface area contributed by atoms with E-state index in [1.165, 1.54) is 25.1 Å². The molecule has 1 unspecified atom stereocenters. The Kier molecular flexibility index (Phi) is 6.75. The van der Waals surface area contributed by atoms with Crippen molar-refractivity contribution in [1.29, 1.82) is 0 Å². The van der Waals surface area contributed by atoms with Gasteiger partial charge in [0.05, 0.1) is 28.1 Å². The average molecular weight is 417 g/mol. The van der Waals surface area contributed by atoms with Crippen molar-refractivity contribution in [2.75, 3.05) is 12.4 Å². The molecule has 0 aliphatic rings. The van der Waals surface area contributed by atoms with Gasteiger partial charge in [-0.3, -0.25) is 25.0 Å². The molecule has 0 saturated heterocycles. The number of methoxy groups -OCH3 is 1. The van der Waals surface area contributed by atoms with Gasteiger partial charge in [-0.05, 0) is 19.1 Å².